The Kier molecular flexibility index (Phi) is 3.41. The van der Waals surface area contributed by atoms with Gasteiger partial charge in [0.1, 0.15) is 5.82 Å². The maximum Gasteiger partial charge on any atom is 0.206 e. The Labute approximate surface area is 85.1 Å². The van der Waals surface area contributed by atoms with Gasteiger partial charge in [0.05, 0.1) is 11.2 Å². The number of hydrazone groups is 1. The average molecular weight is 215 g/mol. The van der Waals surface area contributed by atoms with Crippen molar-refractivity contribution in [3.63, 3.8) is 0 Å². The molecule has 0 spiro atoms. The summed E-state index contributed by atoms with van der Waals surface area (Å²) in [5, 5.41) is 10.4. The van der Waals surface area contributed by atoms with E-state index in [1.807, 2.05) is 0 Å². The molecule has 4 nitrogen and oxygen atoms in total. The van der Waals surface area contributed by atoms with E-state index in [1.54, 1.807) is 0 Å². The number of halogens is 2. The molecule has 4 N–H and O–H groups in total. The van der Waals surface area contributed by atoms with Crippen molar-refractivity contribution in [2.45, 2.75) is 0 Å². The molecule has 1 aromatic rings. The van der Waals surface area contributed by atoms with Crippen LogP contribution >= 0.6 is 11.6 Å². The zero-order valence-corrected chi connectivity index (χ0v) is 7.85. The summed E-state index contributed by atoms with van der Waals surface area (Å²) in [6.45, 7) is 0. The summed E-state index contributed by atoms with van der Waals surface area (Å²) in [5.74, 6) is -0.752. The smallest absolute Gasteiger partial charge is 0.206 e. The third-order valence-corrected chi connectivity index (χ3v) is 1.63. The van der Waals surface area contributed by atoms with Crippen molar-refractivity contribution in [1.29, 1.82) is 5.41 Å². The minimum atomic E-state index is -0.483. The highest BCUT2D eigenvalue weighted by molar-refractivity contribution is 6.31. The monoisotopic (exact) mass is 214 g/mol. The predicted octanol–water partition coefficient (Wildman–Crippen LogP) is 1.30. The van der Waals surface area contributed by atoms with E-state index in [4.69, 9.17) is 22.7 Å². The summed E-state index contributed by atoms with van der Waals surface area (Å²) in [5.41, 5.74) is 7.82. The lowest BCUT2D eigenvalue weighted by Crippen LogP contribution is -2.25. The van der Waals surface area contributed by atoms with Crippen LogP contribution in [0.2, 0.25) is 5.02 Å². The van der Waals surface area contributed by atoms with Crippen LogP contribution in [0.4, 0.5) is 4.39 Å². The SMILES string of the molecule is N=C(N)NN=Cc1ccc(F)c(Cl)c1. The second-order valence-electron chi connectivity index (χ2n) is 2.46. The Balaban J connectivity index is 2.73. The van der Waals surface area contributed by atoms with Crippen LogP contribution in [-0.4, -0.2) is 12.2 Å². The summed E-state index contributed by atoms with van der Waals surface area (Å²) in [6.07, 6.45) is 1.38. The van der Waals surface area contributed by atoms with Crippen molar-refractivity contribution in [1.82, 2.24) is 5.43 Å². The fourth-order valence-corrected chi connectivity index (χ4v) is 0.958. The van der Waals surface area contributed by atoms with Crippen molar-refractivity contribution in [2.24, 2.45) is 10.8 Å². The van der Waals surface area contributed by atoms with Gasteiger partial charge in [-0.15, -0.1) is 0 Å². The first kappa shape index (κ1) is 10.5. The number of guanidine groups is 1. The minimum Gasteiger partial charge on any atom is -0.369 e. The van der Waals surface area contributed by atoms with Crippen LogP contribution in [0.25, 0.3) is 0 Å². The Hall–Kier alpha value is -1.62. The molecular weight excluding hydrogens is 207 g/mol. The van der Waals surface area contributed by atoms with E-state index < -0.39 is 5.82 Å². The molecule has 0 saturated carbocycles. The quantitative estimate of drug-likeness (QED) is 0.394. The third-order valence-electron chi connectivity index (χ3n) is 1.34. The maximum absolute atomic E-state index is 12.7. The van der Waals surface area contributed by atoms with Crippen LogP contribution in [0.3, 0.4) is 0 Å². The van der Waals surface area contributed by atoms with Crippen LogP contribution < -0.4 is 11.2 Å². The summed E-state index contributed by atoms with van der Waals surface area (Å²) in [7, 11) is 0. The lowest BCUT2D eigenvalue weighted by Gasteiger charge is -1.96. The van der Waals surface area contributed by atoms with E-state index in [9.17, 15) is 4.39 Å². The van der Waals surface area contributed by atoms with Crippen molar-refractivity contribution in [3.05, 3.63) is 34.6 Å². The maximum atomic E-state index is 12.7. The fraction of sp³-hybridized carbons (Fsp3) is 0. The summed E-state index contributed by atoms with van der Waals surface area (Å²) >= 11 is 5.53. The molecular formula is C8H8ClFN4. The van der Waals surface area contributed by atoms with Gasteiger partial charge in [0.25, 0.3) is 0 Å². The molecule has 0 bridgehead atoms. The summed E-state index contributed by atoms with van der Waals surface area (Å²) < 4.78 is 12.7. The third kappa shape index (κ3) is 3.02. The van der Waals surface area contributed by atoms with Crippen molar-refractivity contribution >= 4 is 23.8 Å². The van der Waals surface area contributed by atoms with Gasteiger partial charge in [0.2, 0.25) is 5.96 Å². The van der Waals surface area contributed by atoms with Gasteiger partial charge in [-0.25, -0.2) is 9.82 Å². The molecule has 0 aromatic heterocycles. The van der Waals surface area contributed by atoms with Crippen LogP contribution in [0.15, 0.2) is 23.3 Å². The first-order valence-electron chi connectivity index (χ1n) is 3.68. The molecule has 0 fully saturated rings. The molecule has 0 aliphatic carbocycles. The second kappa shape index (κ2) is 4.57. The van der Waals surface area contributed by atoms with E-state index >= 15 is 0 Å². The second-order valence-corrected chi connectivity index (χ2v) is 2.86. The molecule has 1 aromatic carbocycles. The number of rotatable bonds is 2. The molecule has 0 amide bonds. The number of benzene rings is 1. The first-order valence-corrected chi connectivity index (χ1v) is 4.05. The van der Waals surface area contributed by atoms with Crippen molar-refractivity contribution in [2.75, 3.05) is 0 Å². The Bertz CT molecular complexity index is 378. The average Bonchev–Trinajstić information content (AvgIpc) is 2.10. The lowest BCUT2D eigenvalue weighted by atomic mass is 10.2. The molecule has 0 heterocycles. The number of nitrogens with two attached hydrogens (primary N) is 1. The van der Waals surface area contributed by atoms with Gasteiger partial charge >= 0.3 is 0 Å². The Morgan fingerprint density at radius 2 is 2.36 bits per heavy atom. The lowest BCUT2D eigenvalue weighted by molar-refractivity contribution is 0.628. The van der Waals surface area contributed by atoms with E-state index in [2.05, 4.69) is 10.5 Å². The van der Waals surface area contributed by atoms with Gasteiger partial charge in [-0.1, -0.05) is 17.7 Å². The molecule has 6 heteroatoms. The highest BCUT2D eigenvalue weighted by Crippen LogP contribution is 2.14. The van der Waals surface area contributed by atoms with E-state index in [0.717, 1.165) is 0 Å². The molecule has 0 radical (unpaired) electrons. The van der Waals surface area contributed by atoms with Gasteiger partial charge in [0.15, 0.2) is 0 Å². The van der Waals surface area contributed by atoms with Crippen LogP contribution in [0.5, 0.6) is 0 Å². The number of nitrogens with one attached hydrogen (secondary N) is 2. The zero-order valence-electron chi connectivity index (χ0n) is 7.09. The van der Waals surface area contributed by atoms with Crippen LogP contribution in [0, 0.1) is 11.2 Å². The van der Waals surface area contributed by atoms with E-state index in [-0.39, 0.29) is 11.0 Å². The molecule has 0 saturated heterocycles. The molecule has 14 heavy (non-hydrogen) atoms. The largest absolute Gasteiger partial charge is 0.369 e. The van der Waals surface area contributed by atoms with Gasteiger partial charge in [-0.05, 0) is 17.7 Å². The number of hydrogen-bond acceptors (Lipinski definition) is 2. The minimum absolute atomic E-state index is 0.0248. The highest BCUT2D eigenvalue weighted by atomic mass is 35.5. The van der Waals surface area contributed by atoms with Gasteiger partial charge < -0.3 is 5.73 Å². The van der Waals surface area contributed by atoms with Gasteiger partial charge in [-0.2, -0.15) is 5.10 Å². The number of hydrogen-bond donors (Lipinski definition) is 3. The highest BCUT2D eigenvalue weighted by Gasteiger charge is 1.98. The molecule has 0 atom stereocenters. The van der Waals surface area contributed by atoms with E-state index in [1.165, 1.54) is 24.4 Å². The van der Waals surface area contributed by atoms with Crippen molar-refractivity contribution < 1.29 is 4.39 Å². The van der Waals surface area contributed by atoms with Crippen molar-refractivity contribution in [3.8, 4) is 0 Å². The topological polar surface area (TPSA) is 74.3 Å². The Morgan fingerprint density at radius 1 is 1.64 bits per heavy atom. The summed E-state index contributed by atoms with van der Waals surface area (Å²) in [4.78, 5) is 0. The van der Waals surface area contributed by atoms with E-state index in [0.29, 0.717) is 5.56 Å². The first-order chi connectivity index (χ1) is 6.59. The molecule has 1 rings (SSSR count). The van der Waals surface area contributed by atoms with Crippen LogP contribution in [-0.2, 0) is 0 Å². The fourth-order valence-electron chi connectivity index (χ4n) is 0.769. The molecule has 0 aliphatic rings. The summed E-state index contributed by atoms with van der Waals surface area (Å²) in [6, 6.07) is 4.16. The number of nitrogens with zero attached hydrogens (tertiary/aromatic N) is 1. The van der Waals surface area contributed by atoms with Gasteiger partial charge in [0, 0.05) is 0 Å². The molecule has 0 aliphatic heterocycles. The molecule has 74 valence electrons. The normalized spacial score (nSPS) is 10.4. The zero-order chi connectivity index (χ0) is 10.6. The standard InChI is InChI=1S/C8H8ClFN4/c9-6-3-5(1-2-7(6)10)4-13-14-8(11)12/h1-4H,(H4,11,12,14). The molecule has 0 unspecified atom stereocenters. The van der Waals surface area contributed by atoms with Gasteiger partial charge in [-0.3, -0.25) is 5.41 Å². The van der Waals surface area contributed by atoms with Crippen LogP contribution in [0.1, 0.15) is 5.56 Å². The predicted molar refractivity (Wildman–Crippen MR) is 54.1 cm³/mol. The Morgan fingerprint density at radius 3 is 2.93 bits per heavy atom.